The Bertz CT molecular complexity index is 299. The third kappa shape index (κ3) is 3.58. The minimum atomic E-state index is 1.07. The Morgan fingerprint density at radius 2 is 2.12 bits per heavy atom. The van der Waals surface area contributed by atoms with Crippen molar-refractivity contribution in [2.75, 3.05) is 39.8 Å². The number of pyridine rings is 1. The Labute approximate surface area is 98.1 Å². The summed E-state index contributed by atoms with van der Waals surface area (Å²) >= 11 is 0. The van der Waals surface area contributed by atoms with Crippen molar-refractivity contribution in [2.24, 2.45) is 0 Å². The van der Waals surface area contributed by atoms with Gasteiger partial charge in [-0.2, -0.15) is 0 Å². The molecule has 0 unspecified atom stereocenters. The van der Waals surface area contributed by atoms with Crippen LogP contribution in [0.15, 0.2) is 24.4 Å². The van der Waals surface area contributed by atoms with Crippen LogP contribution in [0.1, 0.15) is 12.1 Å². The van der Waals surface area contributed by atoms with E-state index in [1.54, 1.807) is 0 Å². The van der Waals surface area contributed by atoms with Crippen molar-refractivity contribution >= 4 is 0 Å². The number of aromatic nitrogens is 1. The van der Waals surface area contributed by atoms with E-state index >= 15 is 0 Å². The lowest BCUT2D eigenvalue weighted by Crippen LogP contribution is -2.30. The molecule has 0 amide bonds. The molecule has 2 rings (SSSR count). The molecule has 1 aromatic rings. The molecular weight excluding hydrogens is 198 g/mol. The number of hydrogen-bond donors (Lipinski definition) is 0. The fourth-order valence-electron chi connectivity index (χ4n) is 2.14. The Morgan fingerprint density at radius 3 is 2.94 bits per heavy atom. The van der Waals surface area contributed by atoms with E-state index in [9.17, 15) is 0 Å². The number of nitrogens with zero attached hydrogens (tertiary/aromatic N) is 3. The molecule has 1 aliphatic heterocycles. The van der Waals surface area contributed by atoms with Crippen molar-refractivity contribution in [1.29, 1.82) is 0 Å². The van der Waals surface area contributed by atoms with E-state index in [2.05, 4.69) is 34.0 Å². The van der Waals surface area contributed by atoms with E-state index in [1.165, 1.54) is 38.3 Å². The van der Waals surface area contributed by atoms with Gasteiger partial charge in [0.2, 0.25) is 0 Å². The Balaban J connectivity index is 1.77. The van der Waals surface area contributed by atoms with Crippen LogP contribution in [0.2, 0.25) is 0 Å². The molecule has 88 valence electrons. The largest absolute Gasteiger partial charge is 0.305 e. The van der Waals surface area contributed by atoms with Gasteiger partial charge in [0.15, 0.2) is 0 Å². The molecule has 3 nitrogen and oxygen atoms in total. The lowest BCUT2D eigenvalue weighted by molar-refractivity contribution is 0.278. The van der Waals surface area contributed by atoms with Gasteiger partial charge < -0.3 is 9.80 Å². The molecule has 0 aliphatic carbocycles. The first kappa shape index (κ1) is 11.6. The van der Waals surface area contributed by atoms with E-state index in [0.717, 1.165) is 13.0 Å². The van der Waals surface area contributed by atoms with E-state index in [1.807, 2.05) is 12.3 Å². The standard InChI is InChI=1S/C13H21N3/c1-15-8-4-9-16(12-11-15)10-6-13-5-2-3-7-14-13/h2-3,5,7H,4,6,8-12H2,1H3. The number of rotatable bonds is 3. The molecule has 1 fully saturated rings. The Morgan fingerprint density at radius 1 is 1.19 bits per heavy atom. The highest BCUT2D eigenvalue weighted by Crippen LogP contribution is 2.03. The summed E-state index contributed by atoms with van der Waals surface area (Å²) in [6.45, 7) is 6.01. The maximum absolute atomic E-state index is 4.36. The monoisotopic (exact) mass is 219 g/mol. The van der Waals surface area contributed by atoms with Crippen molar-refractivity contribution in [3.05, 3.63) is 30.1 Å². The molecule has 0 spiro atoms. The van der Waals surface area contributed by atoms with Crippen molar-refractivity contribution in [1.82, 2.24) is 14.8 Å². The van der Waals surface area contributed by atoms with Crippen molar-refractivity contribution in [2.45, 2.75) is 12.8 Å². The Hall–Kier alpha value is -0.930. The normalized spacial score (nSPS) is 19.6. The van der Waals surface area contributed by atoms with Crippen LogP contribution in [0.25, 0.3) is 0 Å². The van der Waals surface area contributed by atoms with E-state index in [4.69, 9.17) is 0 Å². The first-order chi connectivity index (χ1) is 7.84. The fourth-order valence-corrected chi connectivity index (χ4v) is 2.14. The summed E-state index contributed by atoms with van der Waals surface area (Å²) in [5, 5.41) is 0. The number of hydrogen-bond acceptors (Lipinski definition) is 3. The van der Waals surface area contributed by atoms with Gasteiger partial charge in [-0.05, 0) is 38.7 Å². The van der Waals surface area contributed by atoms with E-state index < -0.39 is 0 Å². The van der Waals surface area contributed by atoms with Crippen molar-refractivity contribution in [3.63, 3.8) is 0 Å². The molecule has 0 radical (unpaired) electrons. The highest BCUT2D eigenvalue weighted by Gasteiger charge is 2.11. The van der Waals surface area contributed by atoms with Crippen LogP contribution < -0.4 is 0 Å². The molecule has 16 heavy (non-hydrogen) atoms. The highest BCUT2D eigenvalue weighted by atomic mass is 15.2. The lowest BCUT2D eigenvalue weighted by Gasteiger charge is -2.19. The second-order valence-electron chi connectivity index (χ2n) is 4.57. The summed E-state index contributed by atoms with van der Waals surface area (Å²) in [7, 11) is 2.21. The molecule has 0 bridgehead atoms. The van der Waals surface area contributed by atoms with Gasteiger partial charge in [-0.15, -0.1) is 0 Å². The third-order valence-electron chi connectivity index (χ3n) is 3.22. The predicted molar refractivity (Wildman–Crippen MR) is 66.5 cm³/mol. The summed E-state index contributed by atoms with van der Waals surface area (Å²) in [6, 6.07) is 6.16. The topological polar surface area (TPSA) is 19.4 Å². The number of likely N-dealkylation sites (N-methyl/N-ethyl adjacent to an activating group) is 1. The first-order valence-corrected chi connectivity index (χ1v) is 6.15. The maximum Gasteiger partial charge on any atom is 0.0416 e. The summed E-state index contributed by atoms with van der Waals surface area (Å²) in [5.74, 6) is 0. The fraction of sp³-hybridized carbons (Fsp3) is 0.615. The van der Waals surface area contributed by atoms with Gasteiger partial charge in [0.1, 0.15) is 0 Å². The van der Waals surface area contributed by atoms with Gasteiger partial charge in [0, 0.05) is 37.9 Å². The second-order valence-corrected chi connectivity index (χ2v) is 4.57. The van der Waals surface area contributed by atoms with Crippen LogP contribution in [0, 0.1) is 0 Å². The predicted octanol–water partition coefficient (Wildman–Crippen LogP) is 1.26. The molecule has 3 heteroatoms. The first-order valence-electron chi connectivity index (χ1n) is 6.15. The van der Waals surface area contributed by atoms with Gasteiger partial charge in [-0.3, -0.25) is 4.98 Å². The van der Waals surface area contributed by atoms with Gasteiger partial charge in [0.25, 0.3) is 0 Å². The van der Waals surface area contributed by atoms with Crippen LogP contribution >= 0.6 is 0 Å². The zero-order valence-electron chi connectivity index (χ0n) is 10.1. The maximum atomic E-state index is 4.36. The lowest BCUT2D eigenvalue weighted by atomic mass is 10.2. The second kappa shape index (κ2) is 5.97. The van der Waals surface area contributed by atoms with E-state index in [0.29, 0.717) is 0 Å². The molecule has 2 heterocycles. The molecule has 0 saturated carbocycles. The zero-order valence-corrected chi connectivity index (χ0v) is 10.1. The van der Waals surface area contributed by atoms with Crippen LogP contribution in [-0.2, 0) is 6.42 Å². The third-order valence-corrected chi connectivity index (χ3v) is 3.22. The molecule has 1 aromatic heterocycles. The van der Waals surface area contributed by atoms with Crippen LogP contribution in [-0.4, -0.2) is 54.6 Å². The van der Waals surface area contributed by atoms with Gasteiger partial charge in [0.05, 0.1) is 0 Å². The van der Waals surface area contributed by atoms with Crippen molar-refractivity contribution in [3.8, 4) is 0 Å². The minimum absolute atomic E-state index is 1.07. The van der Waals surface area contributed by atoms with Gasteiger partial charge in [-0.1, -0.05) is 6.07 Å². The molecular formula is C13H21N3. The van der Waals surface area contributed by atoms with Gasteiger partial charge in [-0.25, -0.2) is 0 Å². The summed E-state index contributed by atoms with van der Waals surface area (Å²) in [4.78, 5) is 9.34. The zero-order chi connectivity index (χ0) is 11.2. The Kier molecular flexibility index (Phi) is 4.31. The average molecular weight is 219 g/mol. The SMILES string of the molecule is CN1CCCN(CCc2ccccn2)CC1. The smallest absolute Gasteiger partial charge is 0.0416 e. The van der Waals surface area contributed by atoms with Crippen LogP contribution in [0.3, 0.4) is 0 Å². The molecule has 1 saturated heterocycles. The van der Waals surface area contributed by atoms with Crippen LogP contribution in [0.5, 0.6) is 0 Å². The van der Waals surface area contributed by atoms with Crippen LogP contribution in [0.4, 0.5) is 0 Å². The minimum Gasteiger partial charge on any atom is -0.305 e. The van der Waals surface area contributed by atoms with Gasteiger partial charge >= 0.3 is 0 Å². The molecule has 1 aliphatic rings. The molecule has 0 atom stereocenters. The van der Waals surface area contributed by atoms with E-state index in [-0.39, 0.29) is 0 Å². The molecule has 0 N–H and O–H groups in total. The highest BCUT2D eigenvalue weighted by molar-refractivity contribution is 5.03. The summed E-state index contributed by atoms with van der Waals surface area (Å²) in [5.41, 5.74) is 1.21. The summed E-state index contributed by atoms with van der Waals surface area (Å²) in [6.07, 6.45) is 4.24. The summed E-state index contributed by atoms with van der Waals surface area (Å²) < 4.78 is 0. The molecule has 0 aromatic carbocycles. The van der Waals surface area contributed by atoms with Crippen molar-refractivity contribution < 1.29 is 0 Å². The average Bonchev–Trinajstić information content (AvgIpc) is 2.53. The quantitative estimate of drug-likeness (QED) is 0.763.